The van der Waals surface area contributed by atoms with E-state index in [9.17, 15) is 18.0 Å². The topological polar surface area (TPSA) is 119 Å². The third kappa shape index (κ3) is 7.61. The fourth-order valence-corrected chi connectivity index (χ4v) is 1.99. The van der Waals surface area contributed by atoms with Crippen molar-refractivity contribution >= 4 is 22.2 Å². The van der Waals surface area contributed by atoms with Crippen LogP contribution in [0, 0.1) is 5.92 Å². The second kappa shape index (κ2) is 8.49. The molecule has 2 unspecified atom stereocenters. The number of carboxylic acids is 1. The van der Waals surface area contributed by atoms with Crippen LogP contribution in [0.4, 0.5) is 4.79 Å². The van der Waals surface area contributed by atoms with Gasteiger partial charge >= 0.3 is 12.1 Å². The number of hydrogen-bond donors (Lipinski definition) is 2. The van der Waals surface area contributed by atoms with Crippen molar-refractivity contribution in [1.82, 2.24) is 5.32 Å². The maximum atomic E-state index is 11.7. The number of nitrogens with one attached hydrogen (secondary N) is 1. The molecule has 0 aromatic heterocycles. The van der Waals surface area contributed by atoms with Gasteiger partial charge in [0, 0.05) is 0 Å². The van der Waals surface area contributed by atoms with Crippen LogP contribution in [0.2, 0.25) is 0 Å². The van der Waals surface area contributed by atoms with Crippen molar-refractivity contribution in [3.05, 3.63) is 35.9 Å². The molecule has 0 bridgehead atoms. The molecule has 0 saturated heterocycles. The number of aliphatic carboxylic acids is 1. The van der Waals surface area contributed by atoms with Gasteiger partial charge < -0.3 is 15.2 Å². The highest BCUT2D eigenvalue weighted by atomic mass is 32.2. The average Bonchev–Trinajstić information content (AvgIpc) is 2.48. The first-order valence-electron chi connectivity index (χ1n) is 6.73. The second-order valence-electron chi connectivity index (χ2n) is 4.93. The van der Waals surface area contributed by atoms with Crippen molar-refractivity contribution in [2.24, 2.45) is 5.92 Å². The molecule has 0 spiro atoms. The molecule has 128 valence electrons. The van der Waals surface area contributed by atoms with Crippen molar-refractivity contribution in [2.45, 2.75) is 19.6 Å². The summed E-state index contributed by atoms with van der Waals surface area (Å²) in [7, 11) is -3.75. The zero-order valence-electron chi connectivity index (χ0n) is 12.8. The van der Waals surface area contributed by atoms with E-state index < -0.39 is 40.7 Å². The Morgan fingerprint density at radius 1 is 1.26 bits per heavy atom. The van der Waals surface area contributed by atoms with Gasteiger partial charge in [-0.05, 0) is 12.5 Å². The summed E-state index contributed by atoms with van der Waals surface area (Å²) in [5.74, 6) is -2.25. The Bertz CT molecular complexity index is 630. The maximum Gasteiger partial charge on any atom is 0.407 e. The molecule has 0 heterocycles. The van der Waals surface area contributed by atoms with Crippen LogP contribution in [0.5, 0.6) is 0 Å². The fraction of sp³-hybridized carbons (Fsp3) is 0.429. The Balaban J connectivity index is 2.60. The predicted octanol–water partition coefficient (Wildman–Crippen LogP) is 0.978. The van der Waals surface area contributed by atoms with E-state index in [0.717, 1.165) is 11.8 Å². The number of carbonyl (C=O) groups is 2. The molecule has 23 heavy (non-hydrogen) atoms. The number of ether oxygens (including phenoxy) is 1. The molecular formula is C14H19NO7S. The lowest BCUT2D eigenvalue weighted by atomic mass is 10.0. The Morgan fingerprint density at radius 3 is 2.39 bits per heavy atom. The Labute approximate surface area is 134 Å². The van der Waals surface area contributed by atoms with Crippen molar-refractivity contribution in [3.8, 4) is 0 Å². The molecule has 0 fully saturated rings. The average molecular weight is 345 g/mol. The fourth-order valence-electron chi connectivity index (χ4n) is 1.60. The van der Waals surface area contributed by atoms with Gasteiger partial charge in [0.1, 0.15) is 6.61 Å². The highest BCUT2D eigenvalue weighted by Gasteiger charge is 2.27. The van der Waals surface area contributed by atoms with E-state index in [1.54, 1.807) is 24.3 Å². The molecule has 9 heteroatoms. The molecule has 1 amide bonds. The number of benzene rings is 1. The SMILES string of the molecule is CC(C(=O)O)C(COS(C)(=O)=O)NC(=O)OCc1ccccc1. The van der Waals surface area contributed by atoms with Crippen molar-refractivity contribution in [2.75, 3.05) is 12.9 Å². The Hall–Kier alpha value is -2.13. The van der Waals surface area contributed by atoms with Crippen LogP contribution in [0.3, 0.4) is 0 Å². The van der Waals surface area contributed by atoms with Gasteiger partial charge in [0.15, 0.2) is 0 Å². The van der Waals surface area contributed by atoms with E-state index in [1.807, 2.05) is 6.07 Å². The summed E-state index contributed by atoms with van der Waals surface area (Å²) in [6, 6.07) is 7.86. The maximum absolute atomic E-state index is 11.7. The molecule has 0 aliphatic rings. The van der Waals surface area contributed by atoms with Crippen LogP contribution < -0.4 is 5.32 Å². The number of rotatable bonds is 8. The molecule has 0 saturated carbocycles. The highest BCUT2D eigenvalue weighted by Crippen LogP contribution is 2.07. The number of alkyl carbamates (subject to hydrolysis) is 1. The molecule has 8 nitrogen and oxygen atoms in total. The summed E-state index contributed by atoms with van der Waals surface area (Å²) in [6.07, 6.45) is -0.0208. The van der Waals surface area contributed by atoms with E-state index in [4.69, 9.17) is 9.84 Å². The van der Waals surface area contributed by atoms with Gasteiger partial charge in [0.2, 0.25) is 0 Å². The molecule has 2 N–H and O–H groups in total. The summed E-state index contributed by atoms with van der Waals surface area (Å²) < 4.78 is 31.6. The van der Waals surface area contributed by atoms with Crippen LogP contribution in [-0.4, -0.2) is 44.5 Å². The van der Waals surface area contributed by atoms with E-state index in [2.05, 4.69) is 9.50 Å². The minimum Gasteiger partial charge on any atom is -0.481 e. The number of amides is 1. The molecule has 0 aliphatic carbocycles. The quantitative estimate of drug-likeness (QED) is 0.674. The third-order valence-corrected chi connectivity index (χ3v) is 3.53. The Morgan fingerprint density at radius 2 is 1.87 bits per heavy atom. The normalized spacial score (nSPS) is 13.8. The first-order valence-corrected chi connectivity index (χ1v) is 8.55. The highest BCUT2D eigenvalue weighted by molar-refractivity contribution is 7.85. The molecule has 1 rings (SSSR count). The van der Waals surface area contributed by atoms with E-state index in [0.29, 0.717) is 0 Å². The van der Waals surface area contributed by atoms with E-state index >= 15 is 0 Å². The van der Waals surface area contributed by atoms with Gasteiger partial charge in [0.05, 0.1) is 24.8 Å². The molecule has 1 aromatic carbocycles. The standard InChI is InChI=1S/C14H19NO7S/c1-10(13(16)17)12(9-22-23(2,19)20)15-14(18)21-8-11-6-4-3-5-7-11/h3-7,10,12H,8-9H2,1-2H3,(H,15,18)(H,16,17). The summed E-state index contributed by atoms with van der Waals surface area (Å²) in [5, 5.41) is 11.3. The molecule has 2 atom stereocenters. The van der Waals surface area contributed by atoms with Crippen molar-refractivity contribution in [3.63, 3.8) is 0 Å². The van der Waals surface area contributed by atoms with Crippen LogP contribution in [-0.2, 0) is 30.4 Å². The van der Waals surface area contributed by atoms with Crippen LogP contribution >= 0.6 is 0 Å². The predicted molar refractivity (Wildman–Crippen MR) is 81.1 cm³/mol. The van der Waals surface area contributed by atoms with Gasteiger partial charge in [-0.15, -0.1) is 0 Å². The summed E-state index contributed by atoms with van der Waals surface area (Å²) in [4.78, 5) is 22.8. The molecule has 0 aliphatic heterocycles. The first-order chi connectivity index (χ1) is 10.7. The first kappa shape index (κ1) is 18.9. The van der Waals surface area contributed by atoms with E-state index in [-0.39, 0.29) is 6.61 Å². The van der Waals surface area contributed by atoms with Crippen LogP contribution in [0.25, 0.3) is 0 Å². The number of hydrogen-bond acceptors (Lipinski definition) is 6. The lowest BCUT2D eigenvalue weighted by Crippen LogP contribution is -2.45. The summed E-state index contributed by atoms with van der Waals surface area (Å²) in [5.41, 5.74) is 0.762. The van der Waals surface area contributed by atoms with Gasteiger partial charge in [-0.3, -0.25) is 8.98 Å². The van der Waals surface area contributed by atoms with Gasteiger partial charge in [-0.25, -0.2) is 4.79 Å². The zero-order valence-corrected chi connectivity index (χ0v) is 13.6. The lowest BCUT2D eigenvalue weighted by molar-refractivity contribution is -0.142. The Kier molecular flexibility index (Phi) is 6.98. The second-order valence-corrected chi connectivity index (χ2v) is 6.57. The van der Waals surface area contributed by atoms with Crippen LogP contribution in [0.1, 0.15) is 12.5 Å². The number of carboxylic acid groups (broad SMARTS) is 1. The lowest BCUT2D eigenvalue weighted by Gasteiger charge is -2.21. The largest absolute Gasteiger partial charge is 0.481 e. The van der Waals surface area contributed by atoms with Gasteiger partial charge in [-0.2, -0.15) is 8.42 Å². The van der Waals surface area contributed by atoms with Gasteiger partial charge in [0.25, 0.3) is 10.1 Å². The van der Waals surface area contributed by atoms with Crippen molar-refractivity contribution < 1.29 is 32.0 Å². The van der Waals surface area contributed by atoms with Gasteiger partial charge in [-0.1, -0.05) is 30.3 Å². The number of carbonyl (C=O) groups excluding carboxylic acids is 1. The van der Waals surface area contributed by atoms with Crippen LogP contribution in [0.15, 0.2) is 30.3 Å². The summed E-state index contributed by atoms with van der Waals surface area (Å²) in [6.45, 7) is 0.844. The molecule has 1 aromatic rings. The zero-order chi connectivity index (χ0) is 17.5. The minimum atomic E-state index is -3.75. The van der Waals surface area contributed by atoms with E-state index in [1.165, 1.54) is 6.92 Å². The molecular weight excluding hydrogens is 326 g/mol. The van der Waals surface area contributed by atoms with Crippen molar-refractivity contribution in [1.29, 1.82) is 0 Å². The molecule has 0 radical (unpaired) electrons. The smallest absolute Gasteiger partial charge is 0.407 e. The third-order valence-electron chi connectivity index (χ3n) is 2.97. The minimum absolute atomic E-state index is 0.00772. The summed E-state index contributed by atoms with van der Waals surface area (Å²) >= 11 is 0. The monoisotopic (exact) mass is 345 g/mol.